The first-order valence-electron chi connectivity index (χ1n) is 23.3. The summed E-state index contributed by atoms with van der Waals surface area (Å²) in [6.07, 6.45) is 55.9. The molecule has 8 nitrogen and oxygen atoms in total. The Morgan fingerprint density at radius 2 is 0.983 bits per heavy atom. The number of nitrogens with zero attached hydrogens (tertiary/aromatic N) is 1. The number of rotatable bonds is 42. The molecule has 0 spiro atoms. The highest BCUT2D eigenvalue weighted by Crippen LogP contribution is 2.38. The molecule has 0 heterocycles. The minimum Gasteiger partial charge on any atom is -0.756 e. The summed E-state index contributed by atoms with van der Waals surface area (Å²) >= 11 is 0. The molecule has 2 unspecified atom stereocenters. The SMILES string of the molecule is CC/C=C\C/C=C\C/C=C\C/C=C\C/C=C\CCCCCCCC(=O)OC(COCCCCCCCC/C=C\C/C=C\CCCCC)COP(=O)([O-])OCC[N+](C)(C)C. The summed E-state index contributed by atoms with van der Waals surface area (Å²) in [5, 5.41) is 0. The van der Waals surface area contributed by atoms with Crippen LogP contribution in [0.3, 0.4) is 0 Å². The summed E-state index contributed by atoms with van der Waals surface area (Å²) in [6, 6.07) is 0. The lowest BCUT2D eigenvalue weighted by atomic mass is 10.1. The van der Waals surface area contributed by atoms with Crippen LogP contribution in [0.25, 0.3) is 0 Å². The molecule has 2 atom stereocenters. The quantitative estimate of drug-likeness (QED) is 0.0199. The molecule has 0 aromatic carbocycles. The molecule has 0 aromatic rings. The van der Waals surface area contributed by atoms with E-state index in [1.807, 2.05) is 21.1 Å². The summed E-state index contributed by atoms with van der Waals surface area (Å²) < 4.78 is 34.6. The lowest BCUT2D eigenvalue weighted by Gasteiger charge is -2.28. The number of likely N-dealkylation sites (N-methyl/N-ethyl adjacent to an activating group) is 1. The van der Waals surface area contributed by atoms with E-state index in [4.69, 9.17) is 18.5 Å². The maximum atomic E-state index is 12.7. The van der Waals surface area contributed by atoms with Crippen molar-refractivity contribution < 1.29 is 37.3 Å². The van der Waals surface area contributed by atoms with Gasteiger partial charge < -0.3 is 27.9 Å². The van der Waals surface area contributed by atoms with Crippen molar-refractivity contribution in [1.29, 1.82) is 0 Å². The van der Waals surface area contributed by atoms with Crippen molar-refractivity contribution >= 4 is 13.8 Å². The molecule has 340 valence electrons. The summed E-state index contributed by atoms with van der Waals surface area (Å²) in [5.74, 6) is -0.360. The maximum absolute atomic E-state index is 12.7. The molecule has 0 aliphatic rings. The van der Waals surface area contributed by atoms with E-state index in [1.54, 1.807) is 0 Å². The first-order chi connectivity index (χ1) is 28.6. The van der Waals surface area contributed by atoms with Gasteiger partial charge in [0.15, 0.2) is 0 Å². The molecule has 0 saturated carbocycles. The van der Waals surface area contributed by atoms with E-state index in [2.05, 4.69) is 98.9 Å². The van der Waals surface area contributed by atoms with Gasteiger partial charge in [-0.05, 0) is 89.9 Å². The highest BCUT2D eigenvalue weighted by Gasteiger charge is 2.20. The molecule has 0 radical (unpaired) electrons. The van der Waals surface area contributed by atoms with Crippen molar-refractivity contribution in [2.75, 3.05) is 54.1 Å². The van der Waals surface area contributed by atoms with Crippen molar-refractivity contribution in [1.82, 2.24) is 0 Å². The van der Waals surface area contributed by atoms with E-state index in [-0.39, 0.29) is 32.2 Å². The van der Waals surface area contributed by atoms with Crippen LogP contribution in [-0.2, 0) is 27.9 Å². The molecule has 59 heavy (non-hydrogen) atoms. The van der Waals surface area contributed by atoms with E-state index >= 15 is 0 Å². The second-order valence-electron chi connectivity index (χ2n) is 16.4. The molecule has 0 saturated heterocycles. The van der Waals surface area contributed by atoms with Gasteiger partial charge >= 0.3 is 5.97 Å². The van der Waals surface area contributed by atoms with Crippen molar-refractivity contribution in [3.8, 4) is 0 Å². The molecule has 9 heteroatoms. The third kappa shape index (κ3) is 46.6. The average Bonchev–Trinajstić information content (AvgIpc) is 3.19. The van der Waals surface area contributed by atoms with Crippen LogP contribution >= 0.6 is 7.82 Å². The number of unbranched alkanes of at least 4 members (excludes halogenated alkanes) is 14. The van der Waals surface area contributed by atoms with E-state index in [9.17, 15) is 14.3 Å². The molecule has 0 aliphatic heterocycles. The minimum atomic E-state index is -4.54. The lowest BCUT2D eigenvalue weighted by molar-refractivity contribution is -0.870. The van der Waals surface area contributed by atoms with Crippen molar-refractivity contribution in [3.05, 3.63) is 85.1 Å². The van der Waals surface area contributed by atoms with Gasteiger partial charge in [0.2, 0.25) is 0 Å². The molecular weight excluding hydrogens is 758 g/mol. The Bertz CT molecular complexity index is 1210. The van der Waals surface area contributed by atoms with Crippen LogP contribution < -0.4 is 4.89 Å². The molecule has 0 rings (SSSR count). The zero-order valence-electron chi connectivity index (χ0n) is 38.4. The Kier molecular flexibility index (Phi) is 40.7. The number of carbonyl (C=O) groups excluding carboxylic acids is 1. The van der Waals surface area contributed by atoms with Crippen LogP contribution in [0.5, 0.6) is 0 Å². The first-order valence-corrected chi connectivity index (χ1v) is 24.8. The third-order valence-electron chi connectivity index (χ3n) is 9.43. The molecule has 0 aliphatic carbocycles. The van der Waals surface area contributed by atoms with Crippen LogP contribution in [-0.4, -0.2) is 70.7 Å². The summed E-state index contributed by atoms with van der Waals surface area (Å²) in [7, 11) is 1.32. The van der Waals surface area contributed by atoms with E-state index < -0.39 is 13.9 Å². The highest BCUT2D eigenvalue weighted by molar-refractivity contribution is 7.45. The minimum absolute atomic E-state index is 0.0150. The Morgan fingerprint density at radius 3 is 1.47 bits per heavy atom. The Morgan fingerprint density at radius 1 is 0.542 bits per heavy atom. The fourth-order valence-corrected chi connectivity index (χ4v) is 6.57. The fraction of sp³-hybridized carbons (Fsp3) is 0.700. The van der Waals surface area contributed by atoms with Gasteiger partial charge in [0.1, 0.15) is 19.3 Å². The smallest absolute Gasteiger partial charge is 0.306 e. The monoisotopic (exact) mass is 846 g/mol. The van der Waals surface area contributed by atoms with Crippen LogP contribution in [0.15, 0.2) is 85.1 Å². The van der Waals surface area contributed by atoms with Gasteiger partial charge in [0, 0.05) is 13.0 Å². The molecule has 0 bridgehead atoms. The zero-order valence-corrected chi connectivity index (χ0v) is 39.3. The van der Waals surface area contributed by atoms with Crippen molar-refractivity contribution in [2.24, 2.45) is 0 Å². The highest BCUT2D eigenvalue weighted by atomic mass is 31.2. The zero-order chi connectivity index (χ0) is 43.4. The predicted octanol–water partition coefficient (Wildman–Crippen LogP) is 13.4. The van der Waals surface area contributed by atoms with Crippen LogP contribution in [0.2, 0.25) is 0 Å². The topological polar surface area (TPSA) is 94.1 Å². The largest absolute Gasteiger partial charge is 0.756 e. The second-order valence-corrected chi connectivity index (χ2v) is 17.8. The molecule has 0 N–H and O–H groups in total. The van der Waals surface area contributed by atoms with Gasteiger partial charge in [0.05, 0.1) is 34.4 Å². The maximum Gasteiger partial charge on any atom is 0.306 e. The molecular formula is C50H88NO7P. The molecule has 0 amide bonds. The first kappa shape index (κ1) is 56.7. The summed E-state index contributed by atoms with van der Waals surface area (Å²) in [4.78, 5) is 25.1. The second kappa shape index (κ2) is 42.4. The number of phosphoric acid groups is 1. The fourth-order valence-electron chi connectivity index (χ4n) is 5.84. The van der Waals surface area contributed by atoms with Crippen LogP contribution in [0.1, 0.15) is 168 Å². The van der Waals surface area contributed by atoms with Gasteiger partial charge in [0.25, 0.3) is 7.82 Å². The van der Waals surface area contributed by atoms with Gasteiger partial charge in [-0.1, -0.05) is 157 Å². The number of carbonyl (C=O) groups is 1. The number of esters is 1. The number of quaternary nitrogens is 1. The third-order valence-corrected chi connectivity index (χ3v) is 10.4. The Balaban J connectivity index is 4.29. The number of hydrogen-bond donors (Lipinski definition) is 0. The van der Waals surface area contributed by atoms with Gasteiger partial charge in [-0.25, -0.2) is 0 Å². The average molecular weight is 846 g/mol. The molecule has 0 fully saturated rings. The van der Waals surface area contributed by atoms with Crippen molar-refractivity contribution in [2.45, 2.75) is 174 Å². The number of phosphoric ester groups is 1. The standard InChI is InChI=1S/C50H88NO7P/c1-6-8-10-12-14-16-18-20-22-24-25-26-27-28-29-31-33-35-37-39-41-43-50(52)58-49(48-57-59(53,54)56-46-44-51(3,4)5)47-55-45-42-40-38-36-34-32-30-23-21-19-17-15-13-11-9-7-2/h8,10,14-17,20-23,25-26,28-29,49H,6-7,9,11-13,18-19,24,27,30-48H2,1-5H3/b10-8-,16-14-,17-15-,22-20-,23-21-,26-25-,29-28-. The van der Waals surface area contributed by atoms with Gasteiger partial charge in [-0.15, -0.1) is 0 Å². The van der Waals surface area contributed by atoms with Gasteiger partial charge in [-0.2, -0.15) is 0 Å². The van der Waals surface area contributed by atoms with E-state index in [0.717, 1.165) is 103 Å². The van der Waals surface area contributed by atoms with E-state index in [0.29, 0.717) is 17.6 Å². The predicted molar refractivity (Wildman–Crippen MR) is 249 cm³/mol. The molecule has 0 aromatic heterocycles. The van der Waals surface area contributed by atoms with Crippen LogP contribution in [0, 0.1) is 0 Å². The van der Waals surface area contributed by atoms with Crippen molar-refractivity contribution in [3.63, 3.8) is 0 Å². The number of hydrogen-bond acceptors (Lipinski definition) is 7. The summed E-state index contributed by atoms with van der Waals surface area (Å²) in [6.45, 7) is 5.20. The lowest BCUT2D eigenvalue weighted by Crippen LogP contribution is -2.37. The van der Waals surface area contributed by atoms with Gasteiger partial charge in [-0.3, -0.25) is 9.36 Å². The van der Waals surface area contributed by atoms with Crippen LogP contribution in [0.4, 0.5) is 0 Å². The summed E-state index contributed by atoms with van der Waals surface area (Å²) in [5.41, 5.74) is 0. The normalized spacial score (nSPS) is 14.5. The number of ether oxygens (including phenoxy) is 2. The number of allylic oxidation sites excluding steroid dienone is 14. The van der Waals surface area contributed by atoms with E-state index in [1.165, 1.54) is 44.9 Å². The Hall–Kier alpha value is -2.32. The Labute approximate surface area is 363 Å².